The van der Waals surface area contributed by atoms with Gasteiger partial charge in [0, 0.05) is 19.2 Å². The molecule has 0 radical (unpaired) electrons. The zero-order chi connectivity index (χ0) is 21.0. The summed E-state index contributed by atoms with van der Waals surface area (Å²) in [6, 6.07) is 15.6. The van der Waals surface area contributed by atoms with Crippen LogP contribution in [0.5, 0.6) is 17.2 Å². The van der Waals surface area contributed by atoms with Crippen LogP contribution >= 0.6 is 0 Å². The predicted molar refractivity (Wildman–Crippen MR) is 118 cm³/mol. The number of fused-ring (bicyclic) bond motifs is 1. The normalized spacial score (nSPS) is 16.0. The van der Waals surface area contributed by atoms with E-state index in [0.717, 1.165) is 43.7 Å². The Morgan fingerprint density at radius 3 is 2.60 bits per heavy atom. The van der Waals surface area contributed by atoms with Crippen molar-refractivity contribution in [1.82, 2.24) is 4.90 Å². The number of amides is 1. The molecule has 0 N–H and O–H groups in total. The highest BCUT2D eigenvalue weighted by Crippen LogP contribution is 2.22. The van der Waals surface area contributed by atoms with Crippen molar-refractivity contribution < 1.29 is 19.0 Å². The van der Waals surface area contributed by atoms with Crippen LogP contribution in [0.4, 0.5) is 0 Å². The highest BCUT2D eigenvalue weighted by molar-refractivity contribution is 5.77. The predicted octanol–water partition coefficient (Wildman–Crippen LogP) is 4.88. The van der Waals surface area contributed by atoms with Crippen LogP contribution < -0.4 is 14.2 Å². The monoisotopic (exact) mass is 411 g/mol. The van der Waals surface area contributed by atoms with Crippen molar-refractivity contribution in [2.45, 2.75) is 44.9 Å². The number of aryl methyl sites for hydroxylation is 1. The highest BCUT2D eigenvalue weighted by atomic mass is 16.5. The summed E-state index contributed by atoms with van der Waals surface area (Å²) in [4.78, 5) is 14.7. The molecule has 0 fully saturated rings. The molecule has 0 spiro atoms. The van der Waals surface area contributed by atoms with Crippen LogP contribution in [0.3, 0.4) is 0 Å². The molecule has 0 saturated carbocycles. The molecule has 0 aromatic heterocycles. The summed E-state index contributed by atoms with van der Waals surface area (Å²) in [5.41, 5.74) is 1.29. The van der Waals surface area contributed by atoms with Crippen LogP contribution in [0, 0.1) is 0 Å². The molecule has 5 nitrogen and oxygen atoms in total. The lowest BCUT2D eigenvalue weighted by Gasteiger charge is -2.23. The van der Waals surface area contributed by atoms with E-state index in [1.165, 1.54) is 24.8 Å². The van der Waals surface area contributed by atoms with Gasteiger partial charge in [0.25, 0.3) is 5.91 Å². The SMILES string of the molecule is COc1cccc(OCC(=O)N2CCCCCCCc3ccccc3OCCC2)c1. The number of carbonyl (C=O) groups excluding carboxylic acids is 1. The van der Waals surface area contributed by atoms with Gasteiger partial charge in [0.2, 0.25) is 0 Å². The third kappa shape index (κ3) is 6.97. The number of rotatable bonds is 4. The van der Waals surface area contributed by atoms with Gasteiger partial charge in [0.05, 0.1) is 13.7 Å². The summed E-state index contributed by atoms with van der Waals surface area (Å²) >= 11 is 0. The maximum absolute atomic E-state index is 12.8. The van der Waals surface area contributed by atoms with Gasteiger partial charge in [-0.15, -0.1) is 0 Å². The van der Waals surface area contributed by atoms with Gasteiger partial charge in [0.1, 0.15) is 17.2 Å². The standard InChI is InChI=1S/C25H33NO4/c1-28-22-13-9-14-23(19-22)30-20-25(27)26-16-8-4-2-3-5-11-21-12-6-7-15-24(21)29-18-10-17-26/h6-7,9,12-15,19H,2-5,8,10-11,16-18,20H2,1H3. The van der Waals surface area contributed by atoms with Crippen molar-refractivity contribution in [3.63, 3.8) is 0 Å². The number of benzene rings is 2. The third-order valence-corrected chi connectivity index (χ3v) is 5.43. The molecule has 0 saturated heterocycles. The van der Waals surface area contributed by atoms with Gasteiger partial charge in [0.15, 0.2) is 6.61 Å². The molecule has 1 aliphatic rings. The Kier molecular flexibility index (Phi) is 8.88. The maximum Gasteiger partial charge on any atom is 0.260 e. The molecule has 1 heterocycles. The average molecular weight is 412 g/mol. The molecule has 1 aliphatic heterocycles. The summed E-state index contributed by atoms with van der Waals surface area (Å²) in [7, 11) is 1.62. The fourth-order valence-electron chi connectivity index (χ4n) is 3.73. The number of hydrogen-bond donors (Lipinski definition) is 0. The first-order chi connectivity index (χ1) is 14.8. The maximum atomic E-state index is 12.8. The molecule has 30 heavy (non-hydrogen) atoms. The Hall–Kier alpha value is -2.69. The Balaban J connectivity index is 1.55. The molecule has 2 aromatic carbocycles. The Morgan fingerprint density at radius 2 is 1.70 bits per heavy atom. The highest BCUT2D eigenvalue weighted by Gasteiger charge is 2.15. The van der Waals surface area contributed by atoms with Gasteiger partial charge < -0.3 is 19.1 Å². The summed E-state index contributed by atoms with van der Waals surface area (Å²) < 4.78 is 17.0. The van der Waals surface area contributed by atoms with Crippen LogP contribution in [-0.4, -0.2) is 44.2 Å². The minimum absolute atomic E-state index is 0.0188. The average Bonchev–Trinajstić information content (AvgIpc) is 2.78. The second-order valence-electron chi connectivity index (χ2n) is 7.68. The fourth-order valence-corrected chi connectivity index (χ4v) is 3.73. The summed E-state index contributed by atoms with van der Waals surface area (Å²) in [6.07, 6.45) is 7.65. The van der Waals surface area contributed by atoms with Crippen molar-refractivity contribution in [2.75, 3.05) is 33.4 Å². The van der Waals surface area contributed by atoms with E-state index in [1.807, 2.05) is 35.2 Å². The van der Waals surface area contributed by atoms with Gasteiger partial charge in [-0.2, -0.15) is 0 Å². The van der Waals surface area contributed by atoms with Crippen LogP contribution in [0.25, 0.3) is 0 Å². The molecule has 2 aromatic rings. The van der Waals surface area contributed by atoms with Crippen molar-refractivity contribution >= 4 is 5.91 Å². The summed E-state index contributed by atoms with van der Waals surface area (Å²) in [5, 5.41) is 0. The molecule has 1 amide bonds. The van der Waals surface area contributed by atoms with Crippen LogP contribution in [0.1, 0.15) is 44.1 Å². The number of nitrogens with zero attached hydrogens (tertiary/aromatic N) is 1. The number of methoxy groups -OCH3 is 1. The first-order valence-corrected chi connectivity index (χ1v) is 11.0. The Labute approximate surface area is 179 Å². The lowest BCUT2D eigenvalue weighted by atomic mass is 10.0. The van der Waals surface area contributed by atoms with E-state index in [0.29, 0.717) is 18.9 Å². The molecule has 3 rings (SSSR count). The van der Waals surface area contributed by atoms with Crippen LogP contribution in [0.2, 0.25) is 0 Å². The van der Waals surface area contributed by atoms with E-state index in [-0.39, 0.29) is 12.5 Å². The molecule has 0 unspecified atom stereocenters. The van der Waals surface area contributed by atoms with E-state index in [1.54, 1.807) is 13.2 Å². The van der Waals surface area contributed by atoms with E-state index in [4.69, 9.17) is 14.2 Å². The van der Waals surface area contributed by atoms with Crippen molar-refractivity contribution in [2.24, 2.45) is 0 Å². The van der Waals surface area contributed by atoms with Gasteiger partial charge in [-0.3, -0.25) is 4.79 Å². The topological polar surface area (TPSA) is 48.0 Å². The van der Waals surface area contributed by atoms with E-state index in [9.17, 15) is 4.79 Å². The fraction of sp³-hybridized carbons (Fsp3) is 0.480. The Bertz CT molecular complexity index is 792. The molecule has 5 heteroatoms. The minimum Gasteiger partial charge on any atom is -0.497 e. The molecular weight excluding hydrogens is 378 g/mol. The molecule has 0 bridgehead atoms. The van der Waals surface area contributed by atoms with E-state index in [2.05, 4.69) is 12.1 Å². The second kappa shape index (κ2) is 12.1. The summed E-state index contributed by atoms with van der Waals surface area (Å²) in [6.45, 7) is 2.10. The van der Waals surface area contributed by atoms with Gasteiger partial charge in [-0.05, 0) is 49.4 Å². The quantitative estimate of drug-likeness (QED) is 0.720. The van der Waals surface area contributed by atoms with E-state index < -0.39 is 0 Å². The zero-order valence-electron chi connectivity index (χ0n) is 18.0. The van der Waals surface area contributed by atoms with E-state index >= 15 is 0 Å². The van der Waals surface area contributed by atoms with Crippen molar-refractivity contribution in [3.8, 4) is 17.2 Å². The number of para-hydroxylation sites is 1. The molecule has 0 aliphatic carbocycles. The number of ether oxygens (including phenoxy) is 3. The van der Waals surface area contributed by atoms with Gasteiger partial charge >= 0.3 is 0 Å². The first-order valence-electron chi connectivity index (χ1n) is 11.0. The second-order valence-corrected chi connectivity index (χ2v) is 7.68. The van der Waals surface area contributed by atoms with Crippen molar-refractivity contribution in [1.29, 1.82) is 0 Å². The lowest BCUT2D eigenvalue weighted by molar-refractivity contribution is -0.133. The third-order valence-electron chi connectivity index (χ3n) is 5.43. The first kappa shape index (κ1) is 22.0. The van der Waals surface area contributed by atoms with Gasteiger partial charge in [-0.25, -0.2) is 0 Å². The van der Waals surface area contributed by atoms with Crippen LogP contribution in [-0.2, 0) is 11.2 Å². The van der Waals surface area contributed by atoms with Gasteiger partial charge in [-0.1, -0.05) is 43.5 Å². The molecule has 0 atom stereocenters. The summed E-state index contributed by atoms with van der Waals surface area (Å²) in [5.74, 6) is 2.36. The number of hydrogen-bond acceptors (Lipinski definition) is 4. The van der Waals surface area contributed by atoms with Crippen LogP contribution in [0.15, 0.2) is 48.5 Å². The molecular formula is C25H33NO4. The zero-order valence-corrected chi connectivity index (χ0v) is 18.0. The minimum atomic E-state index is 0.0188. The van der Waals surface area contributed by atoms with Crippen molar-refractivity contribution in [3.05, 3.63) is 54.1 Å². The smallest absolute Gasteiger partial charge is 0.260 e. The Morgan fingerprint density at radius 1 is 0.933 bits per heavy atom. The number of carbonyl (C=O) groups is 1. The lowest BCUT2D eigenvalue weighted by Crippen LogP contribution is -2.37. The molecule has 162 valence electrons. The largest absolute Gasteiger partial charge is 0.497 e.